The average Bonchev–Trinajstić information content (AvgIpc) is 3.35. The van der Waals surface area contributed by atoms with E-state index in [1.807, 2.05) is 44.2 Å². The molecule has 0 aliphatic carbocycles. The zero-order chi connectivity index (χ0) is 24.9. The van der Waals surface area contributed by atoms with Crippen molar-refractivity contribution in [3.05, 3.63) is 95.2 Å². The number of halogens is 1. The molecule has 178 valence electrons. The molecule has 0 radical (unpaired) electrons. The molecule has 2 aromatic carbocycles. The van der Waals surface area contributed by atoms with Gasteiger partial charge in [-0.25, -0.2) is 18.5 Å². The van der Waals surface area contributed by atoms with E-state index in [0.717, 1.165) is 22.6 Å². The number of aryl methyl sites for hydroxylation is 2. The number of para-hydroxylation sites is 1. The fraction of sp³-hybridized carbons (Fsp3) is 0.154. The molecule has 0 aliphatic heterocycles. The third-order valence-corrected chi connectivity index (χ3v) is 5.25. The molecule has 0 fully saturated rings. The van der Waals surface area contributed by atoms with E-state index in [1.165, 1.54) is 22.9 Å². The third-order valence-electron chi connectivity index (χ3n) is 5.25. The first kappa shape index (κ1) is 23.6. The predicted molar refractivity (Wildman–Crippen MR) is 130 cm³/mol. The minimum atomic E-state index is -0.658. The van der Waals surface area contributed by atoms with Crippen LogP contribution < -0.4 is 5.32 Å². The molecule has 0 spiro atoms. The van der Waals surface area contributed by atoms with Gasteiger partial charge in [-0.15, -0.1) is 0 Å². The lowest BCUT2D eigenvalue weighted by atomic mass is 10.2. The van der Waals surface area contributed by atoms with Gasteiger partial charge < -0.3 is 10.1 Å². The van der Waals surface area contributed by atoms with Crippen molar-refractivity contribution in [2.75, 3.05) is 11.9 Å². The summed E-state index contributed by atoms with van der Waals surface area (Å²) in [5.41, 5.74) is 4.59. The van der Waals surface area contributed by atoms with E-state index < -0.39 is 18.5 Å². The molecule has 2 heterocycles. The van der Waals surface area contributed by atoms with Crippen molar-refractivity contribution in [1.82, 2.24) is 19.6 Å². The van der Waals surface area contributed by atoms with Crippen molar-refractivity contribution in [1.29, 1.82) is 0 Å². The van der Waals surface area contributed by atoms with E-state index in [1.54, 1.807) is 35.9 Å². The van der Waals surface area contributed by atoms with Crippen molar-refractivity contribution < 1.29 is 18.7 Å². The molecule has 0 aliphatic rings. The van der Waals surface area contributed by atoms with Gasteiger partial charge in [-0.1, -0.05) is 18.2 Å². The SMILES string of the molecule is Cc1cc(NC(=O)COC(=O)/C=C/c2c(C)nn(-c3ccccc3)c2C)n(-c2ccc(F)cc2)n1. The fourth-order valence-electron chi connectivity index (χ4n) is 3.60. The van der Waals surface area contributed by atoms with E-state index in [0.29, 0.717) is 17.2 Å². The topological polar surface area (TPSA) is 91.0 Å². The van der Waals surface area contributed by atoms with Gasteiger partial charge in [-0.2, -0.15) is 10.2 Å². The summed E-state index contributed by atoms with van der Waals surface area (Å²) in [6.45, 7) is 5.07. The molecule has 4 rings (SSSR count). The Kier molecular flexibility index (Phi) is 6.86. The molecule has 0 atom stereocenters. The number of carbonyl (C=O) groups excluding carboxylic acids is 2. The van der Waals surface area contributed by atoms with Gasteiger partial charge >= 0.3 is 5.97 Å². The van der Waals surface area contributed by atoms with Crippen molar-refractivity contribution in [2.24, 2.45) is 0 Å². The van der Waals surface area contributed by atoms with E-state index in [9.17, 15) is 14.0 Å². The lowest BCUT2D eigenvalue weighted by Gasteiger charge is -2.09. The smallest absolute Gasteiger partial charge is 0.331 e. The van der Waals surface area contributed by atoms with Crippen LogP contribution in [-0.4, -0.2) is 38.0 Å². The first-order chi connectivity index (χ1) is 16.8. The first-order valence-corrected chi connectivity index (χ1v) is 10.9. The molecular weight excluding hydrogens is 449 g/mol. The maximum absolute atomic E-state index is 13.2. The van der Waals surface area contributed by atoms with Gasteiger partial charge in [0.25, 0.3) is 5.91 Å². The Hall–Kier alpha value is -4.53. The van der Waals surface area contributed by atoms with Crippen molar-refractivity contribution in [3.63, 3.8) is 0 Å². The number of rotatable bonds is 7. The maximum atomic E-state index is 13.2. The van der Waals surface area contributed by atoms with Crippen LogP contribution in [0.5, 0.6) is 0 Å². The summed E-state index contributed by atoms with van der Waals surface area (Å²) in [6, 6.07) is 17.1. The normalized spacial score (nSPS) is 11.1. The van der Waals surface area contributed by atoms with E-state index >= 15 is 0 Å². The second kappa shape index (κ2) is 10.2. The zero-order valence-corrected chi connectivity index (χ0v) is 19.5. The van der Waals surface area contributed by atoms with Crippen LogP contribution in [0.1, 0.15) is 22.6 Å². The second-order valence-electron chi connectivity index (χ2n) is 7.88. The van der Waals surface area contributed by atoms with Gasteiger partial charge in [0, 0.05) is 23.4 Å². The van der Waals surface area contributed by atoms with Gasteiger partial charge in [0.2, 0.25) is 0 Å². The first-order valence-electron chi connectivity index (χ1n) is 10.9. The maximum Gasteiger partial charge on any atom is 0.331 e. The average molecular weight is 474 g/mol. The largest absolute Gasteiger partial charge is 0.452 e. The van der Waals surface area contributed by atoms with Crippen LogP contribution in [0.15, 0.2) is 66.7 Å². The second-order valence-corrected chi connectivity index (χ2v) is 7.88. The van der Waals surface area contributed by atoms with E-state index in [-0.39, 0.29) is 5.82 Å². The molecular formula is C26H24FN5O3. The molecule has 4 aromatic rings. The minimum absolute atomic E-state index is 0.374. The van der Waals surface area contributed by atoms with Crippen LogP contribution >= 0.6 is 0 Å². The summed E-state index contributed by atoms with van der Waals surface area (Å²) in [5.74, 6) is -1.18. The Balaban J connectivity index is 1.37. The van der Waals surface area contributed by atoms with Crippen LogP contribution in [-0.2, 0) is 14.3 Å². The molecule has 0 saturated carbocycles. The van der Waals surface area contributed by atoms with Crippen molar-refractivity contribution in [2.45, 2.75) is 20.8 Å². The van der Waals surface area contributed by atoms with Gasteiger partial charge in [0.15, 0.2) is 6.61 Å². The van der Waals surface area contributed by atoms with Crippen LogP contribution in [0.3, 0.4) is 0 Å². The van der Waals surface area contributed by atoms with Crippen LogP contribution in [0.4, 0.5) is 10.2 Å². The molecule has 0 unspecified atom stereocenters. The van der Waals surface area contributed by atoms with Crippen LogP contribution in [0.2, 0.25) is 0 Å². The predicted octanol–water partition coefficient (Wildman–Crippen LogP) is 4.32. The number of nitrogens with one attached hydrogen (secondary N) is 1. The standard InChI is InChI=1S/C26H24FN5O3/c1-17-15-24(32(29-17)22-11-9-20(27)10-12-22)28-25(33)16-35-26(34)14-13-23-18(2)30-31(19(23)3)21-7-5-4-6-8-21/h4-15H,16H2,1-3H3,(H,28,33)/b14-13+. The van der Waals surface area contributed by atoms with Crippen LogP contribution in [0, 0.1) is 26.6 Å². The van der Waals surface area contributed by atoms with Gasteiger partial charge in [-0.05, 0) is 63.2 Å². The lowest BCUT2D eigenvalue weighted by molar-refractivity contribution is -0.142. The fourth-order valence-corrected chi connectivity index (χ4v) is 3.60. The van der Waals surface area contributed by atoms with Crippen LogP contribution in [0.25, 0.3) is 17.5 Å². The summed E-state index contributed by atoms with van der Waals surface area (Å²) in [6.07, 6.45) is 2.90. The Morgan fingerprint density at radius 1 is 0.971 bits per heavy atom. The number of nitrogens with zero attached hydrogens (tertiary/aromatic N) is 4. The van der Waals surface area contributed by atoms with E-state index in [2.05, 4.69) is 15.5 Å². The Labute approximate surface area is 201 Å². The summed E-state index contributed by atoms with van der Waals surface area (Å²) < 4.78 is 21.6. The summed E-state index contributed by atoms with van der Waals surface area (Å²) in [7, 11) is 0. The monoisotopic (exact) mass is 473 g/mol. The Morgan fingerprint density at radius 3 is 2.37 bits per heavy atom. The summed E-state index contributed by atoms with van der Waals surface area (Å²) in [4.78, 5) is 24.6. The lowest BCUT2D eigenvalue weighted by Crippen LogP contribution is -2.21. The number of aromatic nitrogens is 4. The molecule has 9 heteroatoms. The molecule has 35 heavy (non-hydrogen) atoms. The number of carbonyl (C=O) groups is 2. The number of ether oxygens (including phenoxy) is 1. The zero-order valence-electron chi connectivity index (χ0n) is 19.5. The van der Waals surface area contributed by atoms with Gasteiger partial charge in [-0.3, -0.25) is 4.79 Å². The molecule has 1 N–H and O–H groups in total. The quantitative estimate of drug-likeness (QED) is 0.319. The van der Waals surface area contributed by atoms with Crippen molar-refractivity contribution in [3.8, 4) is 11.4 Å². The van der Waals surface area contributed by atoms with Gasteiger partial charge in [0.05, 0.1) is 22.8 Å². The highest BCUT2D eigenvalue weighted by atomic mass is 19.1. The number of anilines is 1. The number of amides is 1. The number of esters is 1. The molecule has 0 saturated heterocycles. The molecule has 2 aromatic heterocycles. The highest BCUT2D eigenvalue weighted by molar-refractivity contribution is 5.94. The Bertz CT molecular complexity index is 1390. The molecule has 0 bridgehead atoms. The minimum Gasteiger partial charge on any atom is -0.452 e. The van der Waals surface area contributed by atoms with Gasteiger partial charge in [0.1, 0.15) is 11.6 Å². The van der Waals surface area contributed by atoms with E-state index in [4.69, 9.17) is 4.74 Å². The summed E-state index contributed by atoms with van der Waals surface area (Å²) in [5, 5.41) is 11.5. The Morgan fingerprint density at radius 2 is 1.66 bits per heavy atom. The highest BCUT2D eigenvalue weighted by Crippen LogP contribution is 2.20. The number of hydrogen-bond donors (Lipinski definition) is 1. The number of hydrogen-bond acceptors (Lipinski definition) is 5. The summed E-state index contributed by atoms with van der Waals surface area (Å²) >= 11 is 0. The number of benzene rings is 2. The third kappa shape index (κ3) is 5.52. The highest BCUT2D eigenvalue weighted by Gasteiger charge is 2.14. The molecule has 1 amide bonds. The van der Waals surface area contributed by atoms with Crippen molar-refractivity contribution >= 4 is 23.8 Å². The molecule has 8 nitrogen and oxygen atoms in total.